The number of hydrogen-bond acceptors (Lipinski definition) is 4. The Hall–Kier alpha value is -1.41. The molecule has 0 radical (unpaired) electrons. The van der Waals surface area contributed by atoms with E-state index in [4.69, 9.17) is 5.26 Å². The van der Waals surface area contributed by atoms with Crippen LogP contribution in [0.5, 0.6) is 0 Å². The van der Waals surface area contributed by atoms with Gasteiger partial charge in [0.15, 0.2) is 5.13 Å². The highest BCUT2D eigenvalue weighted by molar-refractivity contribution is 7.15. The molecule has 0 fully saturated rings. The van der Waals surface area contributed by atoms with Crippen LogP contribution < -0.4 is 5.32 Å². The largest absolute Gasteiger partial charge is 0.301 e. The molecule has 1 N–H and O–H groups in total. The molecule has 0 aliphatic rings. The second kappa shape index (κ2) is 3.76. The fourth-order valence-electron chi connectivity index (χ4n) is 0.717. The lowest BCUT2D eigenvalue weighted by Crippen LogP contribution is -2.29. The summed E-state index contributed by atoms with van der Waals surface area (Å²) in [5.74, 6) is -0.325. The van der Waals surface area contributed by atoms with E-state index in [0.717, 1.165) is 4.88 Å². The smallest absolute Gasteiger partial charge is 0.246 e. The molecule has 74 valence electrons. The van der Waals surface area contributed by atoms with Crippen molar-refractivity contribution < 1.29 is 4.79 Å². The summed E-state index contributed by atoms with van der Waals surface area (Å²) in [6.07, 6.45) is 1.68. The zero-order valence-corrected chi connectivity index (χ0v) is 9.10. The SMILES string of the molecule is Cc1cnc(NC(=O)C(C)(C)C#N)s1. The Labute approximate surface area is 86.6 Å². The van der Waals surface area contributed by atoms with Crippen LogP contribution in [0.1, 0.15) is 18.7 Å². The Kier molecular flexibility index (Phi) is 2.87. The highest BCUT2D eigenvalue weighted by atomic mass is 32.1. The lowest BCUT2D eigenvalue weighted by atomic mass is 9.95. The molecule has 0 saturated heterocycles. The predicted octanol–water partition coefficient (Wildman–Crippen LogP) is 1.94. The van der Waals surface area contributed by atoms with Crippen molar-refractivity contribution in [2.24, 2.45) is 5.41 Å². The molecule has 0 aromatic carbocycles. The van der Waals surface area contributed by atoms with Crippen LogP contribution in [-0.2, 0) is 4.79 Å². The van der Waals surface area contributed by atoms with Gasteiger partial charge in [0, 0.05) is 11.1 Å². The number of rotatable bonds is 2. The van der Waals surface area contributed by atoms with Gasteiger partial charge >= 0.3 is 0 Å². The van der Waals surface area contributed by atoms with Crippen LogP contribution in [0.3, 0.4) is 0 Å². The maximum Gasteiger partial charge on any atom is 0.246 e. The quantitative estimate of drug-likeness (QED) is 0.809. The van der Waals surface area contributed by atoms with Gasteiger partial charge in [-0.2, -0.15) is 5.26 Å². The predicted molar refractivity (Wildman–Crippen MR) is 54.9 cm³/mol. The molecule has 0 aliphatic heterocycles. The number of aromatic nitrogens is 1. The summed E-state index contributed by atoms with van der Waals surface area (Å²) in [7, 11) is 0. The van der Waals surface area contributed by atoms with Gasteiger partial charge in [-0.05, 0) is 20.8 Å². The Bertz CT molecular complexity index is 389. The Morgan fingerprint density at radius 2 is 2.36 bits per heavy atom. The zero-order valence-electron chi connectivity index (χ0n) is 8.29. The number of nitrogens with zero attached hydrogens (tertiary/aromatic N) is 2. The van der Waals surface area contributed by atoms with Gasteiger partial charge in [-0.15, -0.1) is 11.3 Å². The topological polar surface area (TPSA) is 65.8 Å². The van der Waals surface area contributed by atoms with Gasteiger partial charge < -0.3 is 5.32 Å². The first-order valence-corrected chi connectivity index (χ1v) is 4.92. The number of anilines is 1. The number of thiazole rings is 1. The number of amides is 1. The molecule has 5 heteroatoms. The first kappa shape index (κ1) is 10.7. The highest BCUT2D eigenvalue weighted by Crippen LogP contribution is 2.20. The third-order valence-corrected chi connectivity index (χ3v) is 2.52. The van der Waals surface area contributed by atoms with Gasteiger partial charge in [-0.25, -0.2) is 4.98 Å². The first-order valence-electron chi connectivity index (χ1n) is 4.11. The third-order valence-electron chi connectivity index (χ3n) is 1.69. The van der Waals surface area contributed by atoms with E-state index in [2.05, 4.69) is 10.3 Å². The molecule has 0 atom stereocenters. The van der Waals surface area contributed by atoms with E-state index in [1.807, 2.05) is 13.0 Å². The summed E-state index contributed by atoms with van der Waals surface area (Å²) in [5.41, 5.74) is -1.01. The maximum absolute atomic E-state index is 11.5. The number of hydrogen-bond donors (Lipinski definition) is 1. The minimum absolute atomic E-state index is 0.325. The molecular weight excluding hydrogens is 198 g/mol. The molecule has 1 heterocycles. The van der Waals surface area contributed by atoms with E-state index < -0.39 is 5.41 Å². The van der Waals surface area contributed by atoms with Crippen molar-refractivity contribution >= 4 is 22.4 Å². The van der Waals surface area contributed by atoms with Crippen molar-refractivity contribution in [1.29, 1.82) is 5.26 Å². The van der Waals surface area contributed by atoms with Crippen LogP contribution in [0.15, 0.2) is 6.20 Å². The monoisotopic (exact) mass is 209 g/mol. The van der Waals surface area contributed by atoms with E-state index in [9.17, 15) is 4.79 Å². The molecule has 0 spiro atoms. The summed E-state index contributed by atoms with van der Waals surface area (Å²) in [6.45, 7) is 5.05. The van der Waals surface area contributed by atoms with Crippen LogP contribution in [0, 0.1) is 23.7 Å². The summed E-state index contributed by atoms with van der Waals surface area (Å²) in [5, 5.41) is 11.9. The van der Waals surface area contributed by atoms with Crippen molar-refractivity contribution in [2.45, 2.75) is 20.8 Å². The van der Waals surface area contributed by atoms with Crippen LogP contribution in [0.25, 0.3) is 0 Å². The van der Waals surface area contributed by atoms with E-state index in [1.54, 1.807) is 20.0 Å². The molecule has 1 amide bonds. The van der Waals surface area contributed by atoms with E-state index >= 15 is 0 Å². The molecule has 0 bridgehead atoms. The average molecular weight is 209 g/mol. The van der Waals surface area contributed by atoms with Gasteiger partial charge in [0.2, 0.25) is 5.91 Å². The van der Waals surface area contributed by atoms with Crippen LogP contribution >= 0.6 is 11.3 Å². The van der Waals surface area contributed by atoms with E-state index in [-0.39, 0.29) is 5.91 Å². The van der Waals surface area contributed by atoms with Crippen molar-refractivity contribution in [2.75, 3.05) is 5.32 Å². The molecule has 0 saturated carbocycles. The Morgan fingerprint density at radius 3 is 2.79 bits per heavy atom. The normalized spacial score (nSPS) is 10.7. The van der Waals surface area contributed by atoms with Crippen LogP contribution in [-0.4, -0.2) is 10.9 Å². The number of nitriles is 1. The Balaban J connectivity index is 2.72. The molecule has 1 aromatic heterocycles. The molecular formula is C9H11N3OS. The van der Waals surface area contributed by atoms with Gasteiger partial charge in [0.05, 0.1) is 6.07 Å². The number of carbonyl (C=O) groups is 1. The average Bonchev–Trinajstić information content (AvgIpc) is 2.51. The zero-order chi connectivity index (χ0) is 10.8. The van der Waals surface area contributed by atoms with E-state index in [1.165, 1.54) is 11.3 Å². The van der Waals surface area contributed by atoms with Gasteiger partial charge in [-0.1, -0.05) is 0 Å². The summed E-state index contributed by atoms with van der Waals surface area (Å²) in [4.78, 5) is 16.5. The third kappa shape index (κ3) is 2.30. The maximum atomic E-state index is 11.5. The van der Waals surface area contributed by atoms with Gasteiger partial charge in [0.1, 0.15) is 5.41 Å². The first-order chi connectivity index (χ1) is 6.45. The lowest BCUT2D eigenvalue weighted by Gasteiger charge is -2.12. The summed E-state index contributed by atoms with van der Waals surface area (Å²) >= 11 is 1.39. The number of aryl methyl sites for hydroxylation is 1. The fourth-order valence-corrected chi connectivity index (χ4v) is 1.38. The molecule has 1 rings (SSSR count). The Morgan fingerprint density at radius 1 is 1.71 bits per heavy atom. The fraction of sp³-hybridized carbons (Fsp3) is 0.444. The van der Waals surface area contributed by atoms with Crippen molar-refractivity contribution in [1.82, 2.24) is 4.98 Å². The van der Waals surface area contributed by atoms with Crippen molar-refractivity contribution in [3.05, 3.63) is 11.1 Å². The minimum Gasteiger partial charge on any atom is -0.301 e. The van der Waals surface area contributed by atoms with Crippen LogP contribution in [0.2, 0.25) is 0 Å². The second-order valence-corrected chi connectivity index (χ2v) is 4.70. The van der Waals surface area contributed by atoms with Crippen molar-refractivity contribution in [3.63, 3.8) is 0 Å². The molecule has 0 aliphatic carbocycles. The standard InChI is InChI=1S/C9H11N3OS/c1-6-4-11-8(14-6)12-7(13)9(2,3)5-10/h4H,1-3H3,(H,11,12,13). The lowest BCUT2D eigenvalue weighted by molar-refractivity contribution is -0.121. The molecule has 4 nitrogen and oxygen atoms in total. The molecule has 1 aromatic rings. The van der Waals surface area contributed by atoms with Crippen LogP contribution in [0.4, 0.5) is 5.13 Å². The summed E-state index contributed by atoms with van der Waals surface area (Å²) in [6, 6.07) is 1.93. The molecule has 14 heavy (non-hydrogen) atoms. The number of carbonyl (C=O) groups excluding carboxylic acids is 1. The van der Waals surface area contributed by atoms with Gasteiger partial charge in [-0.3, -0.25) is 4.79 Å². The van der Waals surface area contributed by atoms with E-state index in [0.29, 0.717) is 5.13 Å². The highest BCUT2D eigenvalue weighted by Gasteiger charge is 2.27. The van der Waals surface area contributed by atoms with Crippen molar-refractivity contribution in [3.8, 4) is 6.07 Å². The number of nitrogens with one attached hydrogen (secondary N) is 1. The summed E-state index contributed by atoms with van der Waals surface area (Å²) < 4.78 is 0. The second-order valence-electron chi connectivity index (χ2n) is 3.47. The van der Waals surface area contributed by atoms with Gasteiger partial charge in [0.25, 0.3) is 0 Å². The minimum atomic E-state index is -1.01. The molecule has 0 unspecified atom stereocenters.